The van der Waals surface area contributed by atoms with Gasteiger partial charge in [0.2, 0.25) is 0 Å². The van der Waals surface area contributed by atoms with Crippen molar-refractivity contribution >= 4 is 33.8 Å². The number of rotatable bonds is 4. The van der Waals surface area contributed by atoms with Gasteiger partial charge in [-0.1, -0.05) is 0 Å². The van der Waals surface area contributed by atoms with Crippen molar-refractivity contribution < 1.29 is 22.4 Å². The second kappa shape index (κ2) is 8.28. The number of imidazole rings is 1. The van der Waals surface area contributed by atoms with Crippen LogP contribution in [0.5, 0.6) is 0 Å². The summed E-state index contributed by atoms with van der Waals surface area (Å²) in [6.45, 7) is 3.28. The Morgan fingerprint density at radius 1 is 1.18 bits per heavy atom. The zero-order valence-corrected chi connectivity index (χ0v) is 18.2. The second-order valence-corrected chi connectivity index (χ2v) is 8.22. The molecule has 2 N–H and O–H groups in total. The molecule has 0 saturated carbocycles. The van der Waals surface area contributed by atoms with Crippen molar-refractivity contribution in [1.29, 1.82) is 0 Å². The topological polar surface area (TPSA) is 79.5 Å². The summed E-state index contributed by atoms with van der Waals surface area (Å²) in [6, 6.07) is 4.40. The van der Waals surface area contributed by atoms with Crippen LogP contribution in [0.3, 0.4) is 0 Å². The third-order valence-corrected chi connectivity index (χ3v) is 5.63. The molecule has 0 aliphatic carbocycles. The summed E-state index contributed by atoms with van der Waals surface area (Å²) < 4.78 is 55.8. The molecule has 178 valence electrons. The number of fused-ring (bicyclic) bond motifs is 2. The number of hydrogen-bond acceptors (Lipinski definition) is 5. The highest BCUT2D eigenvalue weighted by molar-refractivity contribution is 6.13. The predicted molar refractivity (Wildman–Crippen MR) is 119 cm³/mol. The lowest BCUT2D eigenvalue weighted by Gasteiger charge is -2.30. The fourth-order valence-electron chi connectivity index (χ4n) is 4.21. The van der Waals surface area contributed by atoms with Crippen LogP contribution in [0.1, 0.15) is 16.1 Å². The molecular formula is C22H21F4N7O. The van der Waals surface area contributed by atoms with Crippen molar-refractivity contribution in [2.24, 2.45) is 0 Å². The summed E-state index contributed by atoms with van der Waals surface area (Å²) in [7, 11) is 0. The van der Waals surface area contributed by atoms with Crippen molar-refractivity contribution in [1.82, 2.24) is 24.5 Å². The highest BCUT2D eigenvalue weighted by atomic mass is 19.4. The Kier molecular flexibility index (Phi) is 5.39. The van der Waals surface area contributed by atoms with Crippen molar-refractivity contribution in [3.8, 4) is 0 Å². The maximum Gasteiger partial charge on any atom is 0.408 e. The number of alkyl halides is 3. The molecule has 5 rings (SSSR count). The zero-order valence-electron chi connectivity index (χ0n) is 18.2. The highest BCUT2D eigenvalue weighted by Gasteiger charge is 2.29. The van der Waals surface area contributed by atoms with Gasteiger partial charge in [-0.2, -0.15) is 18.3 Å². The molecule has 0 atom stereocenters. The third-order valence-electron chi connectivity index (χ3n) is 5.63. The van der Waals surface area contributed by atoms with Crippen LogP contribution in [0.15, 0.2) is 36.8 Å². The fraction of sp³-hybridized carbons (Fsp3) is 0.318. The molecule has 0 unspecified atom stereocenters. The van der Waals surface area contributed by atoms with Gasteiger partial charge < -0.3 is 19.9 Å². The average Bonchev–Trinajstić information content (AvgIpc) is 3.35. The second-order valence-electron chi connectivity index (χ2n) is 8.22. The Bertz CT molecular complexity index is 1390. The lowest BCUT2D eigenvalue weighted by atomic mass is 10.1. The molecule has 1 fully saturated rings. The minimum atomic E-state index is -4.46. The van der Waals surface area contributed by atoms with E-state index in [0.717, 1.165) is 23.8 Å². The summed E-state index contributed by atoms with van der Waals surface area (Å²) >= 11 is 0. The number of carbonyl (C=O) groups excluding carboxylic acids is 1. The molecule has 12 heteroatoms. The van der Waals surface area contributed by atoms with E-state index in [1.165, 1.54) is 22.9 Å². The fourth-order valence-corrected chi connectivity index (χ4v) is 4.21. The van der Waals surface area contributed by atoms with Crippen LogP contribution in [0.25, 0.3) is 16.6 Å². The number of amides is 1. The maximum atomic E-state index is 14.4. The van der Waals surface area contributed by atoms with Gasteiger partial charge in [0.25, 0.3) is 5.91 Å². The lowest BCUT2D eigenvalue weighted by molar-refractivity contribution is -0.142. The van der Waals surface area contributed by atoms with Gasteiger partial charge in [-0.25, -0.2) is 9.37 Å². The maximum absolute atomic E-state index is 14.4. The van der Waals surface area contributed by atoms with Gasteiger partial charge >= 0.3 is 6.18 Å². The van der Waals surface area contributed by atoms with Crippen LogP contribution >= 0.6 is 0 Å². The molecule has 1 saturated heterocycles. The number of halogens is 4. The summed E-state index contributed by atoms with van der Waals surface area (Å²) in [5.41, 5.74) is 1.88. The molecule has 0 bridgehead atoms. The molecule has 4 heterocycles. The van der Waals surface area contributed by atoms with Crippen LogP contribution in [0.4, 0.5) is 28.9 Å². The number of aromatic nitrogens is 4. The van der Waals surface area contributed by atoms with Crippen molar-refractivity contribution in [3.05, 3.63) is 53.9 Å². The zero-order chi connectivity index (χ0) is 24.0. The minimum Gasteiger partial charge on any atom is -0.368 e. The van der Waals surface area contributed by atoms with E-state index in [-0.39, 0.29) is 22.4 Å². The number of carbonyl (C=O) groups is 1. The van der Waals surface area contributed by atoms with E-state index in [9.17, 15) is 22.4 Å². The van der Waals surface area contributed by atoms with Gasteiger partial charge in [0.15, 0.2) is 11.5 Å². The normalized spacial score (nSPS) is 14.8. The Balaban J connectivity index is 1.53. The summed E-state index contributed by atoms with van der Waals surface area (Å²) in [5.74, 6) is -1.22. The number of piperazine rings is 1. The van der Waals surface area contributed by atoms with Crippen molar-refractivity contribution in [2.45, 2.75) is 19.6 Å². The minimum absolute atomic E-state index is 0.0946. The molecule has 3 aromatic heterocycles. The largest absolute Gasteiger partial charge is 0.408 e. The molecule has 0 radical (unpaired) electrons. The first-order chi connectivity index (χ1) is 16.2. The first kappa shape index (κ1) is 22.1. The van der Waals surface area contributed by atoms with E-state index in [0.29, 0.717) is 29.9 Å². The highest BCUT2D eigenvalue weighted by Crippen LogP contribution is 2.31. The quantitative estimate of drug-likeness (QED) is 0.443. The molecule has 1 amide bonds. The lowest BCUT2D eigenvalue weighted by Crippen LogP contribution is -2.43. The number of hydrogen-bond donors (Lipinski definition) is 2. The molecule has 34 heavy (non-hydrogen) atoms. The molecule has 4 aromatic rings. The van der Waals surface area contributed by atoms with Crippen LogP contribution in [0, 0.1) is 12.7 Å². The standard InChI is InChI=1S/C22H21F4N7O/c1-13-9-32-10-14(8-17(23)20(32)28-13)29-21(34)15-2-3-18(31-6-4-27-5-7-31)16-11-33(30-19(15)16)12-22(24,25)26/h2-3,8-11,27H,4-7,12H2,1H3,(H,29,34). The van der Waals surface area contributed by atoms with Gasteiger partial charge in [0.05, 0.1) is 16.9 Å². The Labute approximate surface area is 191 Å². The first-order valence-corrected chi connectivity index (χ1v) is 10.7. The number of pyridine rings is 1. The van der Waals surface area contributed by atoms with E-state index in [1.807, 2.05) is 4.90 Å². The van der Waals surface area contributed by atoms with Gasteiger partial charge in [0, 0.05) is 61.9 Å². The predicted octanol–water partition coefficient (Wildman–Crippen LogP) is 3.36. The average molecular weight is 475 g/mol. The SMILES string of the molecule is Cc1cn2cc(NC(=O)c3ccc(N4CCNCC4)c4cn(CC(F)(F)F)nc34)cc(F)c2n1. The smallest absolute Gasteiger partial charge is 0.368 e. The van der Waals surface area contributed by atoms with Gasteiger partial charge in [-0.15, -0.1) is 0 Å². The molecular weight excluding hydrogens is 454 g/mol. The molecule has 1 aromatic carbocycles. The van der Waals surface area contributed by atoms with E-state index < -0.39 is 24.4 Å². The first-order valence-electron chi connectivity index (χ1n) is 10.7. The summed E-state index contributed by atoms with van der Waals surface area (Å²) in [5, 5.41) is 10.4. The number of benzene rings is 1. The van der Waals surface area contributed by atoms with E-state index in [1.54, 1.807) is 19.2 Å². The van der Waals surface area contributed by atoms with E-state index in [2.05, 4.69) is 20.7 Å². The monoisotopic (exact) mass is 475 g/mol. The number of nitrogens with zero attached hydrogens (tertiary/aromatic N) is 5. The molecule has 8 nitrogen and oxygen atoms in total. The van der Waals surface area contributed by atoms with Crippen LogP contribution in [0.2, 0.25) is 0 Å². The van der Waals surface area contributed by atoms with Crippen LogP contribution < -0.4 is 15.5 Å². The van der Waals surface area contributed by atoms with Gasteiger partial charge in [-0.3, -0.25) is 9.48 Å². The summed E-state index contributed by atoms with van der Waals surface area (Å²) in [6.07, 6.45) is -0.00921. The Morgan fingerprint density at radius 3 is 2.68 bits per heavy atom. The summed E-state index contributed by atoms with van der Waals surface area (Å²) in [4.78, 5) is 19.2. The molecule has 1 aliphatic rings. The number of anilines is 2. The van der Waals surface area contributed by atoms with Gasteiger partial charge in [-0.05, 0) is 19.1 Å². The Morgan fingerprint density at radius 2 is 1.94 bits per heavy atom. The molecule has 1 aliphatic heterocycles. The number of nitrogens with one attached hydrogen (secondary N) is 2. The Hall–Kier alpha value is -3.67. The van der Waals surface area contributed by atoms with Gasteiger partial charge in [0.1, 0.15) is 12.1 Å². The number of aryl methyl sites for hydroxylation is 1. The third kappa shape index (κ3) is 4.28. The molecule has 0 spiro atoms. The van der Waals surface area contributed by atoms with E-state index in [4.69, 9.17) is 0 Å². The van der Waals surface area contributed by atoms with Crippen LogP contribution in [-0.2, 0) is 6.54 Å². The van der Waals surface area contributed by atoms with Crippen LogP contribution in [-0.4, -0.2) is 57.4 Å². The van der Waals surface area contributed by atoms with Crippen molar-refractivity contribution in [2.75, 3.05) is 36.4 Å². The van der Waals surface area contributed by atoms with Crippen molar-refractivity contribution in [3.63, 3.8) is 0 Å². The van der Waals surface area contributed by atoms with E-state index >= 15 is 0 Å².